The van der Waals surface area contributed by atoms with Crippen molar-refractivity contribution in [3.63, 3.8) is 0 Å². The van der Waals surface area contributed by atoms with Gasteiger partial charge in [0.1, 0.15) is 5.66 Å². The maximum Gasteiger partial charge on any atom is 0.340 e. The molecule has 0 heterocycles. The monoisotopic (exact) mass is 501 g/mol. The minimum Gasteiger partial charge on any atom is -0.352 e. The van der Waals surface area contributed by atoms with Gasteiger partial charge in [0, 0.05) is 12.1 Å². The standard InChI is InChI=1S/C29H28NO5P/c31-27(28(36(33,34)35)24-15-7-13-20-10-5-6-14-23(20)24)25-16-21-11-3-4-12-22(21)17-26(25)29(32)30-18-19-8-1-2-9-19/h3-7,10-17,19,28H,1-2,8-9,18H2,(H,30,32)(H2,33,34,35). The van der Waals surface area contributed by atoms with E-state index in [0.717, 1.165) is 41.8 Å². The molecule has 1 amide bonds. The molecule has 1 fully saturated rings. The molecule has 4 aromatic rings. The summed E-state index contributed by atoms with van der Waals surface area (Å²) in [6.45, 7) is 0.518. The molecule has 1 saturated carbocycles. The van der Waals surface area contributed by atoms with Crippen molar-refractivity contribution in [2.24, 2.45) is 5.92 Å². The van der Waals surface area contributed by atoms with Crippen LogP contribution in [0.5, 0.6) is 0 Å². The Hall–Kier alpha value is -3.31. The molecule has 1 unspecified atom stereocenters. The largest absolute Gasteiger partial charge is 0.352 e. The van der Waals surface area contributed by atoms with Gasteiger partial charge in [-0.3, -0.25) is 14.2 Å². The van der Waals surface area contributed by atoms with Crippen molar-refractivity contribution in [2.45, 2.75) is 31.3 Å². The smallest absolute Gasteiger partial charge is 0.340 e. The lowest BCUT2D eigenvalue weighted by atomic mass is 9.92. The molecule has 1 atom stereocenters. The van der Waals surface area contributed by atoms with Crippen molar-refractivity contribution in [1.82, 2.24) is 5.32 Å². The molecular weight excluding hydrogens is 473 g/mol. The van der Waals surface area contributed by atoms with Gasteiger partial charge in [-0.1, -0.05) is 79.6 Å². The van der Waals surface area contributed by atoms with Crippen LogP contribution in [0.1, 0.15) is 57.6 Å². The fourth-order valence-corrected chi connectivity index (χ4v) is 6.32. The fourth-order valence-electron chi connectivity index (χ4n) is 5.29. The molecule has 0 aliphatic heterocycles. The van der Waals surface area contributed by atoms with Gasteiger partial charge < -0.3 is 15.1 Å². The van der Waals surface area contributed by atoms with E-state index in [2.05, 4.69) is 5.32 Å². The van der Waals surface area contributed by atoms with Gasteiger partial charge in [-0.05, 0) is 58.0 Å². The molecule has 4 aromatic carbocycles. The minimum absolute atomic E-state index is 0.0129. The molecular formula is C29H28NO5P. The predicted octanol–water partition coefficient (Wildman–Crippen LogP) is 6.01. The molecule has 0 aromatic heterocycles. The highest BCUT2D eigenvalue weighted by molar-refractivity contribution is 7.53. The number of amides is 1. The highest BCUT2D eigenvalue weighted by Crippen LogP contribution is 2.55. The summed E-state index contributed by atoms with van der Waals surface area (Å²) in [4.78, 5) is 48.1. The minimum atomic E-state index is -4.95. The van der Waals surface area contributed by atoms with Gasteiger partial charge in [0.2, 0.25) is 0 Å². The molecule has 0 saturated heterocycles. The highest BCUT2D eigenvalue weighted by atomic mass is 31.2. The summed E-state index contributed by atoms with van der Waals surface area (Å²) in [5.74, 6) is -0.762. The normalized spacial score (nSPS) is 15.3. The van der Waals surface area contributed by atoms with Gasteiger partial charge in [0.25, 0.3) is 5.91 Å². The summed E-state index contributed by atoms with van der Waals surface area (Å²) in [6.07, 6.45) is 4.42. The summed E-state index contributed by atoms with van der Waals surface area (Å²) in [7, 11) is -4.95. The Kier molecular flexibility index (Phi) is 6.76. The third-order valence-electron chi connectivity index (χ3n) is 7.12. The average Bonchev–Trinajstić information content (AvgIpc) is 3.40. The highest BCUT2D eigenvalue weighted by Gasteiger charge is 2.40. The van der Waals surface area contributed by atoms with Crippen LogP contribution in [-0.2, 0) is 4.57 Å². The molecule has 184 valence electrons. The first-order valence-electron chi connectivity index (χ1n) is 12.2. The second-order valence-corrected chi connectivity index (χ2v) is 11.2. The van der Waals surface area contributed by atoms with Crippen LogP contribution < -0.4 is 5.32 Å². The van der Waals surface area contributed by atoms with Crippen molar-refractivity contribution in [3.05, 3.63) is 95.6 Å². The Morgan fingerprint density at radius 2 is 1.42 bits per heavy atom. The zero-order valence-corrected chi connectivity index (χ0v) is 20.7. The van der Waals surface area contributed by atoms with Crippen molar-refractivity contribution in [3.8, 4) is 0 Å². The van der Waals surface area contributed by atoms with Crippen molar-refractivity contribution in [1.29, 1.82) is 0 Å². The lowest BCUT2D eigenvalue weighted by molar-refractivity contribution is 0.0925. The second-order valence-electron chi connectivity index (χ2n) is 9.53. The molecule has 0 radical (unpaired) electrons. The quantitative estimate of drug-likeness (QED) is 0.212. The maximum absolute atomic E-state index is 14.0. The number of hydrogen-bond donors (Lipinski definition) is 3. The van der Waals surface area contributed by atoms with Gasteiger partial charge >= 0.3 is 7.60 Å². The Morgan fingerprint density at radius 1 is 0.833 bits per heavy atom. The Morgan fingerprint density at radius 3 is 2.08 bits per heavy atom. The SMILES string of the molecule is O=C(NCC1CCCC1)c1cc2ccccc2cc1C(=O)C(c1cccc2ccccc12)P(=O)(O)O. The molecule has 3 N–H and O–H groups in total. The third kappa shape index (κ3) is 4.85. The van der Waals surface area contributed by atoms with E-state index >= 15 is 0 Å². The van der Waals surface area contributed by atoms with Gasteiger partial charge in [-0.2, -0.15) is 0 Å². The number of hydrogen-bond acceptors (Lipinski definition) is 3. The zero-order chi connectivity index (χ0) is 25.3. The van der Waals surface area contributed by atoms with Gasteiger partial charge in [0.05, 0.1) is 5.56 Å². The first-order valence-corrected chi connectivity index (χ1v) is 13.9. The number of Topliss-reactive ketones (excluding diaryl/α,β-unsaturated/α-hetero) is 1. The summed E-state index contributed by atoms with van der Waals surface area (Å²) in [5, 5.41) is 5.82. The van der Waals surface area contributed by atoms with Gasteiger partial charge in [-0.25, -0.2) is 0 Å². The van der Waals surface area contributed by atoms with Crippen LogP contribution in [0.15, 0.2) is 78.9 Å². The summed E-state index contributed by atoms with van der Waals surface area (Å²) in [5.41, 5.74) is -1.34. The molecule has 6 nitrogen and oxygen atoms in total. The number of ketones is 1. The molecule has 1 aliphatic rings. The molecule has 1 aliphatic carbocycles. The van der Waals surface area contributed by atoms with Crippen LogP contribution in [0.4, 0.5) is 0 Å². The van der Waals surface area contributed by atoms with Crippen LogP contribution in [0.2, 0.25) is 0 Å². The van der Waals surface area contributed by atoms with Crippen LogP contribution in [-0.4, -0.2) is 28.0 Å². The summed E-state index contributed by atoms with van der Waals surface area (Å²) >= 11 is 0. The number of fused-ring (bicyclic) bond motifs is 2. The number of rotatable bonds is 7. The molecule has 36 heavy (non-hydrogen) atoms. The average molecular weight is 502 g/mol. The van der Waals surface area contributed by atoms with E-state index in [-0.39, 0.29) is 16.7 Å². The van der Waals surface area contributed by atoms with Crippen LogP contribution in [0.3, 0.4) is 0 Å². The van der Waals surface area contributed by atoms with E-state index in [4.69, 9.17) is 0 Å². The van der Waals surface area contributed by atoms with E-state index in [1.54, 1.807) is 36.4 Å². The van der Waals surface area contributed by atoms with E-state index in [1.165, 1.54) is 0 Å². The first-order chi connectivity index (χ1) is 17.3. The predicted molar refractivity (Wildman–Crippen MR) is 141 cm³/mol. The Balaban J connectivity index is 1.62. The first kappa shape index (κ1) is 24.4. The van der Waals surface area contributed by atoms with Crippen molar-refractivity contribution < 1.29 is 23.9 Å². The Labute approximate surface area is 209 Å². The topological polar surface area (TPSA) is 104 Å². The van der Waals surface area contributed by atoms with E-state index in [0.29, 0.717) is 17.8 Å². The third-order valence-corrected chi connectivity index (χ3v) is 8.31. The Bertz CT molecular complexity index is 1500. The summed E-state index contributed by atoms with van der Waals surface area (Å²) < 4.78 is 12.8. The van der Waals surface area contributed by atoms with Crippen LogP contribution >= 0.6 is 7.60 Å². The van der Waals surface area contributed by atoms with Crippen molar-refractivity contribution in [2.75, 3.05) is 6.54 Å². The molecule has 0 spiro atoms. The van der Waals surface area contributed by atoms with E-state index in [9.17, 15) is 23.9 Å². The molecule has 0 bridgehead atoms. The van der Waals surface area contributed by atoms with Gasteiger partial charge in [0.15, 0.2) is 5.78 Å². The molecule has 5 rings (SSSR count). The van der Waals surface area contributed by atoms with Crippen LogP contribution in [0, 0.1) is 5.92 Å². The maximum atomic E-state index is 14.0. The number of carbonyl (C=O) groups excluding carboxylic acids is 2. The molecule has 7 heteroatoms. The lowest BCUT2D eigenvalue weighted by Gasteiger charge is -2.21. The van der Waals surface area contributed by atoms with Crippen LogP contribution in [0.25, 0.3) is 21.5 Å². The second kappa shape index (κ2) is 9.98. The summed E-state index contributed by atoms with van der Waals surface area (Å²) in [6, 6.07) is 22.8. The number of nitrogens with one attached hydrogen (secondary N) is 1. The number of benzene rings is 4. The zero-order valence-electron chi connectivity index (χ0n) is 19.8. The van der Waals surface area contributed by atoms with Gasteiger partial charge in [-0.15, -0.1) is 0 Å². The van der Waals surface area contributed by atoms with E-state index in [1.807, 2.05) is 42.5 Å². The van der Waals surface area contributed by atoms with E-state index < -0.39 is 24.9 Å². The lowest BCUT2D eigenvalue weighted by Crippen LogP contribution is -2.30. The van der Waals surface area contributed by atoms with Crippen molar-refractivity contribution >= 4 is 40.8 Å². The number of carbonyl (C=O) groups is 2. The fraction of sp³-hybridized carbons (Fsp3) is 0.241.